The standard InChI is InChI=1S/C17H23F2N3O/c1-21-6-7-22(11-13-8-14(18)10-15(19)9-13)12-17(21)3-2-16(23)20-5-4-17/h8-10H,2-7,11-12H2,1H3,(H,20,23)/t17-/m0/s1. The molecule has 0 bridgehead atoms. The van der Waals surface area contributed by atoms with E-state index in [9.17, 15) is 13.6 Å². The van der Waals surface area contributed by atoms with E-state index in [2.05, 4.69) is 22.2 Å². The molecule has 6 heteroatoms. The van der Waals surface area contributed by atoms with E-state index in [4.69, 9.17) is 0 Å². The Morgan fingerprint density at radius 2 is 1.91 bits per heavy atom. The van der Waals surface area contributed by atoms with Crippen LogP contribution in [0.2, 0.25) is 0 Å². The molecule has 2 heterocycles. The summed E-state index contributed by atoms with van der Waals surface area (Å²) in [6.07, 6.45) is 2.26. The normalized spacial score (nSPS) is 27.0. The van der Waals surface area contributed by atoms with E-state index in [0.717, 1.165) is 38.5 Å². The second-order valence-corrected chi connectivity index (χ2v) is 6.73. The molecule has 2 aliphatic heterocycles. The fourth-order valence-corrected chi connectivity index (χ4v) is 3.77. The van der Waals surface area contributed by atoms with Gasteiger partial charge in [0.2, 0.25) is 5.91 Å². The molecular weight excluding hydrogens is 300 g/mol. The first kappa shape index (κ1) is 16.3. The Morgan fingerprint density at radius 3 is 2.65 bits per heavy atom. The first-order valence-electron chi connectivity index (χ1n) is 8.12. The van der Waals surface area contributed by atoms with Gasteiger partial charge in [-0.2, -0.15) is 0 Å². The van der Waals surface area contributed by atoms with Crippen LogP contribution in [0, 0.1) is 11.6 Å². The van der Waals surface area contributed by atoms with Crippen LogP contribution in [0.4, 0.5) is 8.78 Å². The van der Waals surface area contributed by atoms with Crippen LogP contribution in [0.25, 0.3) is 0 Å². The molecule has 126 valence electrons. The third-order valence-electron chi connectivity index (χ3n) is 5.14. The lowest BCUT2D eigenvalue weighted by Gasteiger charge is -2.49. The van der Waals surface area contributed by atoms with Crippen molar-refractivity contribution in [3.63, 3.8) is 0 Å². The van der Waals surface area contributed by atoms with Crippen molar-refractivity contribution >= 4 is 5.91 Å². The number of carbonyl (C=O) groups is 1. The maximum Gasteiger partial charge on any atom is 0.220 e. The summed E-state index contributed by atoms with van der Waals surface area (Å²) >= 11 is 0. The van der Waals surface area contributed by atoms with Crippen molar-refractivity contribution in [1.29, 1.82) is 0 Å². The smallest absolute Gasteiger partial charge is 0.220 e. The Labute approximate surface area is 135 Å². The lowest BCUT2D eigenvalue weighted by molar-refractivity contribution is -0.121. The highest BCUT2D eigenvalue weighted by atomic mass is 19.1. The van der Waals surface area contributed by atoms with Gasteiger partial charge in [0.1, 0.15) is 11.6 Å². The molecule has 2 fully saturated rings. The zero-order valence-corrected chi connectivity index (χ0v) is 13.4. The summed E-state index contributed by atoms with van der Waals surface area (Å²) in [7, 11) is 2.11. The minimum atomic E-state index is -0.534. The molecular formula is C17H23F2N3O. The number of amides is 1. The van der Waals surface area contributed by atoms with Gasteiger partial charge in [0.05, 0.1) is 0 Å². The first-order chi connectivity index (χ1) is 11.0. The van der Waals surface area contributed by atoms with Crippen LogP contribution >= 0.6 is 0 Å². The fraction of sp³-hybridized carbons (Fsp3) is 0.588. The predicted molar refractivity (Wildman–Crippen MR) is 83.9 cm³/mol. The SMILES string of the molecule is CN1CCN(Cc2cc(F)cc(F)c2)C[C@]12CCNC(=O)CC2. The molecule has 1 N–H and O–H groups in total. The molecule has 0 saturated carbocycles. The number of hydrogen-bond donors (Lipinski definition) is 1. The molecule has 1 atom stereocenters. The molecule has 1 amide bonds. The van der Waals surface area contributed by atoms with Gasteiger partial charge in [-0.25, -0.2) is 8.78 Å². The quantitative estimate of drug-likeness (QED) is 0.901. The summed E-state index contributed by atoms with van der Waals surface area (Å²) in [6, 6.07) is 3.69. The van der Waals surface area contributed by atoms with Gasteiger partial charge in [-0.1, -0.05) is 0 Å². The van der Waals surface area contributed by atoms with Crippen LogP contribution in [-0.2, 0) is 11.3 Å². The Kier molecular flexibility index (Phi) is 4.64. The zero-order valence-electron chi connectivity index (χ0n) is 13.4. The number of halogens is 2. The minimum absolute atomic E-state index is 0.0384. The topological polar surface area (TPSA) is 35.6 Å². The summed E-state index contributed by atoms with van der Waals surface area (Å²) in [5, 5.41) is 2.93. The second kappa shape index (κ2) is 6.53. The van der Waals surface area contributed by atoms with Crippen LogP contribution in [-0.4, -0.2) is 54.5 Å². The molecule has 1 spiro atoms. The number of nitrogens with one attached hydrogen (secondary N) is 1. The number of carbonyl (C=O) groups excluding carboxylic acids is 1. The molecule has 1 aromatic carbocycles. The summed E-state index contributed by atoms with van der Waals surface area (Å²) in [6.45, 7) is 3.79. The number of rotatable bonds is 2. The number of benzene rings is 1. The van der Waals surface area contributed by atoms with Crippen molar-refractivity contribution in [1.82, 2.24) is 15.1 Å². The molecule has 2 aliphatic rings. The maximum absolute atomic E-state index is 13.4. The lowest BCUT2D eigenvalue weighted by Crippen LogP contribution is -2.60. The van der Waals surface area contributed by atoms with E-state index in [1.807, 2.05) is 0 Å². The van der Waals surface area contributed by atoms with Crippen LogP contribution in [0.5, 0.6) is 0 Å². The molecule has 4 nitrogen and oxygen atoms in total. The van der Waals surface area contributed by atoms with Crippen LogP contribution < -0.4 is 5.32 Å². The molecule has 3 rings (SSSR count). The highest BCUT2D eigenvalue weighted by molar-refractivity contribution is 5.76. The monoisotopic (exact) mass is 323 g/mol. The molecule has 0 radical (unpaired) electrons. The Balaban J connectivity index is 1.73. The lowest BCUT2D eigenvalue weighted by atomic mass is 9.86. The van der Waals surface area contributed by atoms with E-state index in [1.165, 1.54) is 12.1 Å². The van der Waals surface area contributed by atoms with Crippen LogP contribution in [0.3, 0.4) is 0 Å². The van der Waals surface area contributed by atoms with Gasteiger partial charge in [-0.3, -0.25) is 14.6 Å². The van der Waals surface area contributed by atoms with Crippen LogP contribution in [0.15, 0.2) is 18.2 Å². The average molecular weight is 323 g/mol. The maximum atomic E-state index is 13.4. The molecule has 0 aromatic heterocycles. The van der Waals surface area contributed by atoms with E-state index in [-0.39, 0.29) is 11.4 Å². The van der Waals surface area contributed by atoms with Crippen molar-refractivity contribution in [3.8, 4) is 0 Å². The highest BCUT2D eigenvalue weighted by Gasteiger charge is 2.40. The molecule has 1 aromatic rings. The predicted octanol–water partition coefficient (Wildman–Crippen LogP) is 1.75. The van der Waals surface area contributed by atoms with Gasteiger partial charge in [0, 0.05) is 50.7 Å². The summed E-state index contributed by atoms with van der Waals surface area (Å²) < 4.78 is 26.8. The summed E-state index contributed by atoms with van der Waals surface area (Å²) in [5.74, 6) is -0.958. The van der Waals surface area contributed by atoms with E-state index >= 15 is 0 Å². The van der Waals surface area contributed by atoms with Crippen molar-refractivity contribution < 1.29 is 13.6 Å². The number of piperazine rings is 1. The van der Waals surface area contributed by atoms with E-state index in [1.54, 1.807) is 0 Å². The highest BCUT2D eigenvalue weighted by Crippen LogP contribution is 2.31. The molecule has 2 saturated heterocycles. The molecule has 0 aliphatic carbocycles. The van der Waals surface area contributed by atoms with Gasteiger partial charge < -0.3 is 5.32 Å². The third-order valence-corrected chi connectivity index (χ3v) is 5.14. The van der Waals surface area contributed by atoms with E-state index in [0.29, 0.717) is 25.1 Å². The van der Waals surface area contributed by atoms with Crippen molar-refractivity contribution in [2.45, 2.75) is 31.3 Å². The first-order valence-corrected chi connectivity index (χ1v) is 8.12. The fourth-order valence-electron chi connectivity index (χ4n) is 3.77. The average Bonchev–Trinajstić information content (AvgIpc) is 2.65. The molecule has 0 unspecified atom stereocenters. The van der Waals surface area contributed by atoms with Gasteiger partial charge in [0.15, 0.2) is 0 Å². The Hall–Kier alpha value is -1.53. The third kappa shape index (κ3) is 3.70. The number of hydrogen-bond acceptors (Lipinski definition) is 3. The largest absolute Gasteiger partial charge is 0.356 e. The van der Waals surface area contributed by atoms with E-state index < -0.39 is 11.6 Å². The Bertz CT molecular complexity index is 575. The van der Waals surface area contributed by atoms with Crippen LogP contribution in [0.1, 0.15) is 24.8 Å². The van der Waals surface area contributed by atoms with Crippen molar-refractivity contribution in [3.05, 3.63) is 35.4 Å². The van der Waals surface area contributed by atoms with Gasteiger partial charge in [-0.05, 0) is 37.6 Å². The van der Waals surface area contributed by atoms with Gasteiger partial charge in [-0.15, -0.1) is 0 Å². The summed E-state index contributed by atoms with van der Waals surface area (Å²) in [4.78, 5) is 16.2. The van der Waals surface area contributed by atoms with Gasteiger partial charge in [0.25, 0.3) is 0 Å². The number of likely N-dealkylation sites (N-methyl/N-ethyl adjacent to an activating group) is 1. The van der Waals surface area contributed by atoms with Gasteiger partial charge >= 0.3 is 0 Å². The summed E-state index contributed by atoms with van der Waals surface area (Å²) in [5.41, 5.74) is 0.619. The zero-order chi connectivity index (χ0) is 16.4. The molecule has 23 heavy (non-hydrogen) atoms. The second-order valence-electron chi connectivity index (χ2n) is 6.73. The number of nitrogens with zero attached hydrogens (tertiary/aromatic N) is 2. The van der Waals surface area contributed by atoms with Crippen molar-refractivity contribution in [2.75, 3.05) is 33.2 Å². The minimum Gasteiger partial charge on any atom is -0.356 e. The van der Waals surface area contributed by atoms with Crippen molar-refractivity contribution in [2.24, 2.45) is 0 Å². The Morgan fingerprint density at radius 1 is 1.17 bits per heavy atom.